The Hall–Kier alpha value is -2.61. The van der Waals surface area contributed by atoms with Crippen LogP contribution in [-0.4, -0.2) is 38.9 Å². The molecule has 26 heavy (non-hydrogen) atoms. The van der Waals surface area contributed by atoms with Crippen molar-refractivity contribution in [2.45, 2.75) is 39.7 Å². The summed E-state index contributed by atoms with van der Waals surface area (Å²) in [6.07, 6.45) is 1.73. The molecule has 1 aromatic heterocycles. The van der Waals surface area contributed by atoms with Gasteiger partial charge in [-0.25, -0.2) is 0 Å². The Morgan fingerprint density at radius 3 is 2.31 bits per heavy atom. The van der Waals surface area contributed by atoms with E-state index in [1.807, 2.05) is 6.92 Å². The van der Waals surface area contributed by atoms with E-state index in [1.165, 1.54) is 11.3 Å². The number of hydrogen-bond donors (Lipinski definition) is 1. The lowest BCUT2D eigenvalue weighted by molar-refractivity contribution is -0.121. The van der Waals surface area contributed by atoms with Gasteiger partial charge in [0, 0.05) is 6.42 Å². The average Bonchev–Trinajstić information content (AvgIpc) is 3.14. The van der Waals surface area contributed by atoms with Crippen molar-refractivity contribution < 1.29 is 14.4 Å². The van der Waals surface area contributed by atoms with E-state index in [9.17, 15) is 14.4 Å². The van der Waals surface area contributed by atoms with Gasteiger partial charge < -0.3 is 0 Å². The minimum atomic E-state index is -0.916. The summed E-state index contributed by atoms with van der Waals surface area (Å²) < 4.78 is 0. The quantitative estimate of drug-likeness (QED) is 0.787. The summed E-state index contributed by atoms with van der Waals surface area (Å²) in [5.74, 6) is -1.57. The normalized spacial score (nSPS) is 14.7. The number of nitrogens with zero attached hydrogens (tertiary/aromatic N) is 3. The minimum Gasteiger partial charge on any atom is -0.299 e. The molecule has 1 N–H and O–H groups in total. The van der Waals surface area contributed by atoms with Crippen molar-refractivity contribution >= 4 is 34.2 Å². The van der Waals surface area contributed by atoms with E-state index < -0.39 is 23.8 Å². The fraction of sp³-hybridized carbons (Fsp3) is 0.389. The summed E-state index contributed by atoms with van der Waals surface area (Å²) in [5, 5.41) is 11.9. The summed E-state index contributed by atoms with van der Waals surface area (Å²) in [6, 6.07) is 5.70. The van der Waals surface area contributed by atoms with Gasteiger partial charge in [-0.2, -0.15) is 0 Å². The molecule has 1 atom stereocenters. The highest BCUT2D eigenvalue weighted by Gasteiger charge is 2.44. The van der Waals surface area contributed by atoms with Crippen LogP contribution >= 0.6 is 11.3 Å². The van der Waals surface area contributed by atoms with Crippen LogP contribution in [0.3, 0.4) is 0 Å². The fourth-order valence-electron chi connectivity index (χ4n) is 2.98. The van der Waals surface area contributed by atoms with E-state index in [2.05, 4.69) is 15.5 Å². The summed E-state index contributed by atoms with van der Waals surface area (Å²) in [5.41, 5.74) is 0.661. The number of rotatable bonds is 6. The largest absolute Gasteiger partial charge is 0.299 e. The summed E-state index contributed by atoms with van der Waals surface area (Å²) in [4.78, 5) is 39.3. The van der Waals surface area contributed by atoms with Gasteiger partial charge in [0.1, 0.15) is 11.0 Å². The summed E-state index contributed by atoms with van der Waals surface area (Å²) in [6.45, 7) is 5.64. The predicted octanol–water partition coefficient (Wildman–Crippen LogP) is 2.75. The maximum Gasteiger partial charge on any atom is 0.262 e. The molecule has 2 aromatic rings. The highest BCUT2D eigenvalue weighted by atomic mass is 32.1. The van der Waals surface area contributed by atoms with E-state index in [0.29, 0.717) is 16.3 Å². The van der Waals surface area contributed by atoms with Gasteiger partial charge >= 0.3 is 0 Å². The van der Waals surface area contributed by atoms with E-state index in [0.717, 1.165) is 22.7 Å². The second-order valence-corrected chi connectivity index (χ2v) is 7.52. The van der Waals surface area contributed by atoms with E-state index in [-0.39, 0.29) is 5.92 Å². The minimum absolute atomic E-state index is 0.250. The van der Waals surface area contributed by atoms with Crippen LogP contribution in [0, 0.1) is 5.92 Å². The average molecular weight is 372 g/mol. The SMILES string of the molecule is CCCc1nnc(NC(=O)C(C(C)C)N2C(=O)c3ccccc3C2=O)s1. The number of aryl methyl sites for hydroxylation is 1. The maximum absolute atomic E-state index is 12.8. The molecule has 0 saturated heterocycles. The van der Waals surface area contributed by atoms with Gasteiger partial charge in [-0.05, 0) is 24.5 Å². The Labute approximate surface area is 155 Å². The second-order valence-electron chi connectivity index (χ2n) is 6.45. The number of benzene rings is 1. The Morgan fingerprint density at radius 1 is 1.15 bits per heavy atom. The van der Waals surface area contributed by atoms with E-state index in [1.54, 1.807) is 38.1 Å². The molecule has 136 valence electrons. The fourth-order valence-corrected chi connectivity index (χ4v) is 3.82. The van der Waals surface area contributed by atoms with Crippen molar-refractivity contribution in [3.05, 3.63) is 40.4 Å². The Kier molecular flexibility index (Phi) is 5.13. The van der Waals surface area contributed by atoms with Crippen LogP contribution in [0.2, 0.25) is 0 Å². The Balaban J connectivity index is 1.84. The lowest BCUT2D eigenvalue weighted by atomic mass is 10.0. The lowest BCUT2D eigenvalue weighted by Crippen LogP contribution is -2.50. The molecule has 0 spiro atoms. The zero-order valence-corrected chi connectivity index (χ0v) is 15.7. The molecule has 0 fully saturated rings. The highest BCUT2D eigenvalue weighted by molar-refractivity contribution is 7.15. The van der Waals surface area contributed by atoms with Crippen LogP contribution in [0.25, 0.3) is 0 Å². The summed E-state index contributed by atoms with van der Waals surface area (Å²) >= 11 is 1.30. The first-order valence-corrected chi connectivity index (χ1v) is 9.35. The first kappa shape index (κ1) is 18.2. The van der Waals surface area contributed by atoms with Gasteiger partial charge in [0.15, 0.2) is 0 Å². The number of nitrogens with one attached hydrogen (secondary N) is 1. The first-order valence-electron chi connectivity index (χ1n) is 8.54. The number of hydrogen-bond acceptors (Lipinski definition) is 6. The number of imide groups is 1. The van der Waals surface area contributed by atoms with Gasteiger partial charge in [-0.15, -0.1) is 10.2 Å². The molecule has 2 heterocycles. The topological polar surface area (TPSA) is 92.3 Å². The summed E-state index contributed by atoms with van der Waals surface area (Å²) in [7, 11) is 0. The smallest absolute Gasteiger partial charge is 0.262 e. The molecule has 1 aliphatic heterocycles. The third-order valence-electron chi connectivity index (χ3n) is 4.16. The van der Waals surface area contributed by atoms with Crippen LogP contribution in [-0.2, 0) is 11.2 Å². The van der Waals surface area contributed by atoms with Crippen molar-refractivity contribution in [3.63, 3.8) is 0 Å². The van der Waals surface area contributed by atoms with E-state index >= 15 is 0 Å². The van der Waals surface area contributed by atoms with Crippen LogP contribution in [0.15, 0.2) is 24.3 Å². The number of fused-ring (bicyclic) bond motifs is 1. The van der Waals surface area contributed by atoms with Crippen molar-refractivity contribution in [1.29, 1.82) is 0 Å². The molecule has 0 aliphatic carbocycles. The second kappa shape index (κ2) is 7.33. The van der Waals surface area contributed by atoms with Gasteiger partial charge in [0.25, 0.3) is 11.8 Å². The third kappa shape index (κ3) is 3.24. The molecule has 0 saturated carbocycles. The maximum atomic E-state index is 12.8. The van der Waals surface area contributed by atoms with E-state index in [4.69, 9.17) is 0 Å². The number of anilines is 1. The van der Waals surface area contributed by atoms with Gasteiger partial charge in [-0.3, -0.25) is 24.6 Å². The molecule has 1 unspecified atom stereocenters. The zero-order valence-electron chi connectivity index (χ0n) is 14.9. The molecule has 0 radical (unpaired) electrons. The Bertz CT molecular complexity index is 827. The molecular weight excluding hydrogens is 352 g/mol. The number of amides is 3. The standard InChI is InChI=1S/C18H20N4O3S/c1-4-7-13-20-21-18(26-13)19-15(23)14(10(2)3)22-16(24)11-8-5-6-9-12(11)17(22)25/h5-6,8-10,14H,4,7H2,1-3H3,(H,19,21,23). The van der Waals surface area contributed by atoms with Crippen LogP contribution < -0.4 is 5.32 Å². The third-order valence-corrected chi connectivity index (χ3v) is 5.06. The molecular formula is C18H20N4O3S. The molecule has 0 bridgehead atoms. The molecule has 1 aromatic carbocycles. The van der Waals surface area contributed by atoms with Crippen molar-refractivity contribution in [3.8, 4) is 0 Å². The number of aromatic nitrogens is 2. The van der Waals surface area contributed by atoms with Crippen molar-refractivity contribution in [2.24, 2.45) is 5.92 Å². The Morgan fingerprint density at radius 2 is 1.77 bits per heavy atom. The van der Waals surface area contributed by atoms with Crippen LogP contribution in [0.4, 0.5) is 5.13 Å². The molecule has 7 nitrogen and oxygen atoms in total. The first-order chi connectivity index (χ1) is 12.4. The molecule has 3 rings (SSSR count). The molecule has 1 aliphatic rings. The lowest BCUT2D eigenvalue weighted by Gasteiger charge is -2.27. The van der Waals surface area contributed by atoms with Gasteiger partial charge in [0.2, 0.25) is 11.0 Å². The zero-order chi connectivity index (χ0) is 18.8. The van der Waals surface area contributed by atoms with Crippen LogP contribution in [0.1, 0.15) is 52.9 Å². The highest BCUT2D eigenvalue weighted by Crippen LogP contribution is 2.28. The van der Waals surface area contributed by atoms with Gasteiger partial charge in [0.05, 0.1) is 11.1 Å². The van der Waals surface area contributed by atoms with Crippen LogP contribution in [0.5, 0.6) is 0 Å². The number of carbonyl (C=O) groups excluding carboxylic acids is 3. The molecule has 8 heteroatoms. The number of carbonyl (C=O) groups is 3. The monoisotopic (exact) mass is 372 g/mol. The van der Waals surface area contributed by atoms with Gasteiger partial charge in [-0.1, -0.05) is 44.2 Å². The van der Waals surface area contributed by atoms with Crippen molar-refractivity contribution in [1.82, 2.24) is 15.1 Å². The molecule has 3 amide bonds. The predicted molar refractivity (Wildman–Crippen MR) is 98.1 cm³/mol. The van der Waals surface area contributed by atoms with Crippen molar-refractivity contribution in [2.75, 3.05) is 5.32 Å².